The van der Waals surface area contributed by atoms with E-state index in [9.17, 15) is 26.5 Å². The standard InChI is InChI=1S/C23H19N3O6S2.Na.H/c1-15-11-12-17(13-21(15)33(28,29)26-16-7-3-2-4-8-16)24-25-20-14-22(34(30,31)32)18-9-5-6-10-19(18)23(20)27;;/h2-14,26-27H,1H3,(H,30,31,32);;. The van der Waals surface area contributed by atoms with Gasteiger partial charge < -0.3 is 5.11 Å². The summed E-state index contributed by atoms with van der Waals surface area (Å²) in [5.41, 5.74) is 0.816. The number of anilines is 1. The Kier molecular flexibility index (Phi) is 8.00. The maximum atomic E-state index is 12.9. The number of aromatic hydroxyl groups is 1. The van der Waals surface area contributed by atoms with Crippen molar-refractivity contribution in [3.63, 3.8) is 0 Å². The van der Waals surface area contributed by atoms with E-state index < -0.39 is 25.0 Å². The molecule has 0 unspecified atom stereocenters. The molecule has 0 bridgehead atoms. The van der Waals surface area contributed by atoms with Gasteiger partial charge in [-0.05, 0) is 42.8 Å². The predicted octanol–water partition coefficient (Wildman–Crippen LogP) is 4.67. The number of phenols is 1. The fraction of sp³-hybridized carbons (Fsp3) is 0.0435. The number of rotatable bonds is 6. The van der Waals surface area contributed by atoms with E-state index in [4.69, 9.17) is 0 Å². The van der Waals surface area contributed by atoms with Gasteiger partial charge in [-0.1, -0.05) is 48.5 Å². The normalized spacial score (nSPS) is 11.9. The molecule has 0 saturated heterocycles. The molecule has 9 nitrogen and oxygen atoms in total. The van der Waals surface area contributed by atoms with Crippen LogP contribution in [0.4, 0.5) is 17.1 Å². The second kappa shape index (κ2) is 10.4. The fourth-order valence-electron chi connectivity index (χ4n) is 3.37. The first-order chi connectivity index (χ1) is 16.1. The molecule has 0 heterocycles. The van der Waals surface area contributed by atoms with E-state index >= 15 is 0 Å². The van der Waals surface area contributed by atoms with Gasteiger partial charge in [-0.25, -0.2) is 8.42 Å². The quantitative estimate of drug-likeness (QED) is 0.191. The zero-order valence-corrected chi connectivity index (χ0v) is 19.4. The topological polar surface area (TPSA) is 145 Å². The molecule has 3 N–H and O–H groups in total. The Morgan fingerprint density at radius 2 is 1.40 bits per heavy atom. The van der Waals surface area contributed by atoms with Gasteiger partial charge >= 0.3 is 29.6 Å². The van der Waals surface area contributed by atoms with Crippen LogP contribution in [0.3, 0.4) is 0 Å². The van der Waals surface area contributed by atoms with Crippen molar-refractivity contribution in [3.05, 3.63) is 84.4 Å². The van der Waals surface area contributed by atoms with Gasteiger partial charge in [-0.3, -0.25) is 9.27 Å². The average molecular weight is 522 g/mol. The van der Waals surface area contributed by atoms with Crippen LogP contribution in [0.1, 0.15) is 5.56 Å². The molecule has 0 atom stereocenters. The van der Waals surface area contributed by atoms with Crippen molar-refractivity contribution in [1.82, 2.24) is 0 Å². The Balaban J connectivity index is 0.00000342. The van der Waals surface area contributed by atoms with Crippen LogP contribution < -0.4 is 4.72 Å². The van der Waals surface area contributed by atoms with Crippen LogP contribution in [0.2, 0.25) is 0 Å². The molecule has 0 spiro atoms. The molecule has 12 heteroatoms. The molecule has 4 aromatic rings. The minimum atomic E-state index is -4.61. The fourth-order valence-corrected chi connectivity index (χ4v) is 5.41. The van der Waals surface area contributed by atoms with E-state index in [2.05, 4.69) is 15.0 Å². The van der Waals surface area contributed by atoms with Gasteiger partial charge in [-0.15, -0.1) is 5.11 Å². The first-order valence-corrected chi connectivity index (χ1v) is 12.8. The summed E-state index contributed by atoms with van der Waals surface area (Å²) in [6, 6.07) is 19.9. The molecule has 0 amide bonds. The number of para-hydroxylation sites is 1. The minimum absolute atomic E-state index is 0. The number of hydrogen-bond acceptors (Lipinski definition) is 7. The summed E-state index contributed by atoms with van der Waals surface area (Å²) >= 11 is 0. The number of phenolic OH excluding ortho intramolecular Hbond substituents is 1. The summed E-state index contributed by atoms with van der Waals surface area (Å²) in [6.45, 7) is 1.63. The van der Waals surface area contributed by atoms with E-state index in [0.717, 1.165) is 6.07 Å². The zero-order chi connectivity index (χ0) is 24.5. The Hall–Kier alpha value is -2.80. The number of aryl methyl sites for hydroxylation is 1. The van der Waals surface area contributed by atoms with Crippen LogP contribution in [-0.4, -0.2) is 56.1 Å². The SMILES string of the molecule is Cc1ccc(N=Nc2cc(S(=O)(=O)O)c3ccccc3c2O)cc1S(=O)(=O)Nc1ccccc1.[NaH]. The van der Waals surface area contributed by atoms with E-state index in [1.807, 2.05) is 0 Å². The summed E-state index contributed by atoms with van der Waals surface area (Å²) in [5, 5.41) is 18.8. The molecule has 0 aliphatic rings. The number of sulfonamides is 1. The van der Waals surface area contributed by atoms with Crippen molar-refractivity contribution >= 4 is 77.5 Å². The summed E-state index contributed by atoms with van der Waals surface area (Å²) in [5.74, 6) is -0.336. The molecular weight excluding hydrogens is 501 g/mol. The zero-order valence-electron chi connectivity index (χ0n) is 17.7. The molecule has 0 fully saturated rings. The average Bonchev–Trinajstić information content (AvgIpc) is 2.79. The molecule has 0 aliphatic heterocycles. The van der Waals surface area contributed by atoms with Crippen molar-refractivity contribution in [2.45, 2.75) is 16.7 Å². The molecule has 4 aromatic carbocycles. The number of azo groups is 1. The van der Waals surface area contributed by atoms with E-state index in [-0.39, 0.29) is 62.3 Å². The summed E-state index contributed by atoms with van der Waals surface area (Å²) < 4.78 is 61.6. The first kappa shape index (κ1) is 26.8. The third kappa shape index (κ3) is 5.89. The number of nitrogens with zero attached hydrogens (tertiary/aromatic N) is 2. The van der Waals surface area contributed by atoms with Crippen molar-refractivity contribution in [3.8, 4) is 5.75 Å². The van der Waals surface area contributed by atoms with E-state index in [1.165, 1.54) is 24.3 Å². The molecule has 0 saturated carbocycles. The second-order valence-corrected chi connectivity index (χ2v) is 10.4. The summed E-state index contributed by atoms with van der Waals surface area (Å²) in [4.78, 5) is -0.455. The van der Waals surface area contributed by atoms with Crippen LogP contribution in [-0.2, 0) is 20.1 Å². The van der Waals surface area contributed by atoms with Gasteiger partial charge in [0.05, 0.1) is 10.6 Å². The molecular formula is C23H20N3NaO6S2. The van der Waals surface area contributed by atoms with Crippen LogP contribution in [0.5, 0.6) is 5.75 Å². The third-order valence-corrected chi connectivity index (χ3v) is 7.41. The molecule has 0 aromatic heterocycles. The van der Waals surface area contributed by atoms with Crippen molar-refractivity contribution in [1.29, 1.82) is 0 Å². The summed E-state index contributed by atoms with van der Waals surface area (Å²) in [6.07, 6.45) is 0. The molecule has 0 radical (unpaired) electrons. The van der Waals surface area contributed by atoms with Crippen molar-refractivity contribution in [2.24, 2.45) is 10.2 Å². The van der Waals surface area contributed by atoms with Crippen molar-refractivity contribution in [2.75, 3.05) is 4.72 Å². The van der Waals surface area contributed by atoms with Crippen molar-refractivity contribution < 1.29 is 26.5 Å². The Morgan fingerprint density at radius 3 is 2.06 bits per heavy atom. The maximum absolute atomic E-state index is 12.9. The van der Waals surface area contributed by atoms with Crippen LogP contribution >= 0.6 is 0 Å². The second-order valence-electron chi connectivity index (χ2n) is 7.38. The van der Waals surface area contributed by atoms with Gasteiger partial charge in [0.25, 0.3) is 20.1 Å². The van der Waals surface area contributed by atoms with Crippen LogP contribution in [0.15, 0.2) is 98.9 Å². The van der Waals surface area contributed by atoms with Gasteiger partial charge in [0, 0.05) is 16.5 Å². The number of benzene rings is 4. The molecule has 35 heavy (non-hydrogen) atoms. The Labute approximate surface area is 224 Å². The van der Waals surface area contributed by atoms with Crippen LogP contribution in [0.25, 0.3) is 10.8 Å². The van der Waals surface area contributed by atoms with E-state index in [1.54, 1.807) is 55.5 Å². The van der Waals surface area contributed by atoms with Gasteiger partial charge in [0.2, 0.25) is 0 Å². The molecule has 176 valence electrons. The predicted molar refractivity (Wildman–Crippen MR) is 135 cm³/mol. The Bertz CT molecular complexity index is 1640. The van der Waals surface area contributed by atoms with Gasteiger partial charge in [0.15, 0.2) is 5.75 Å². The number of hydrogen-bond donors (Lipinski definition) is 3. The van der Waals surface area contributed by atoms with Crippen LogP contribution in [0, 0.1) is 6.92 Å². The Morgan fingerprint density at radius 1 is 0.771 bits per heavy atom. The number of nitrogens with one attached hydrogen (secondary N) is 1. The van der Waals surface area contributed by atoms with Gasteiger partial charge in [-0.2, -0.15) is 13.5 Å². The summed E-state index contributed by atoms with van der Waals surface area (Å²) in [7, 11) is -8.54. The molecule has 0 aliphatic carbocycles. The third-order valence-electron chi connectivity index (χ3n) is 5.00. The molecule has 4 rings (SSSR count). The van der Waals surface area contributed by atoms with Gasteiger partial charge in [0.1, 0.15) is 10.6 Å². The number of fused-ring (bicyclic) bond motifs is 1. The monoisotopic (exact) mass is 521 g/mol. The first-order valence-electron chi connectivity index (χ1n) is 9.89. The van der Waals surface area contributed by atoms with E-state index in [0.29, 0.717) is 11.3 Å².